The molecule has 2 amide bonds. The minimum absolute atomic E-state index is 0.00501. The molecule has 6 nitrogen and oxygen atoms in total. The Hall–Kier alpha value is -2.89. The fourth-order valence-electron chi connectivity index (χ4n) is 3.02. The van der Waals surface area contributed by atoms with E-state index in [0.717, 1.165) is 5.56 Å². The van der Waals surface area contributed by atoms with Gasteiger partial charge in [-0.15, -0.1) is 0 Å². The number of amides is 2. The van der Waals surface area contributed by atoms with E-state index in [2.05, 4.69) is 4.98 Å². The van der Waals surface area contributed by atoms with Gasteiger partial charge in [-0.3, -0.25) is 9.59 Å². The first-order valence-electron chi connectivity index (χ1n) is 8.65. The van der Waals surface area contributed by atoms with E-state index in [1.54, 1.807) is 37.3 Å². The van der Waals surface area contributed by atoms with E-state index in [-0.39, 0.29) is 17.9 Å². The second kappa shape index (κ2) is 7.56. The normalized spacial score (nSPS) is 16.4. The van der Waals surface area contributed by atoms with Crippen LogP contribution >= 0.6 is 0 Å². The molecule has 0 bridgehead atoms. The number of likely N-dealkylation sites (tertiary alicyclic amines) is 1. The van der Waals surface area contributed by atoms with Gasteiger partial charge in [-0.25, -0.2) is 4.98 Å². The summed E-state index contributed by atoms with van der Waals surface area (Å²) in [7, 11) is 3.38. The molecular weight excluding hydrogens is 330 g/mol. The number of rotatable bonds is 4. The summed E-state index contributed by atoms with van der Waals surface area (Å²) in [6, 6.07) is 11.0. The molecular formula is C20H23N3O3. The molecule has 0 radical (unpaired) electrons. The maximum atomic E-state index is 12.7. The largest absolute Gasteiger partial charge is 0.472 e. The van der Waals surface area contributed by atoms with E-state index in [1.807, 2.05) is 31.2 Å². The molecule has 26 heavy (non-hydrogen) atoms. The quantitative estimate of drug-likeness (QED) is 0.847. The van der Waals surface area contributed by atoms with Gasteiger partial charge < -0.3 is 14.5 Å². The van der Waals surface area contributed by atoms with E-state index in [1.165, 1.54) is 4.90 Å². The second-order valence-corrected chi connectivity index (χ2v) is 6.70. The minimum atomic E-state index is -0.174. The van der Waals surface area contributed by atoms with Crippen LogP contribution in [0.2, 0.25) is 0 Å². The van der Waals surface area contributed by atoms with Gasteiger partial charge in [0, 0.05) is 38.8 Å². The summed E-state index contributed by atoms with van der Waals surface area (Å²) in [6.07, 6.45) is 2.14. The minimum Gasteiger partial charge on any atom is -0.472 e. The Bertz CT molecular complexity index is 819. The molecule has 0 aliphatic carbocycles. The molecule has 0 spiro atoms. The number of pyridine rings is 1. The van der Waals surface area contributed by atoms with Gasteiger partial charge in [-0.2, -0.15) is 0 Å². The first-order valence-corrected chi connectivity index (χ1v) is 8.65. The van der Waals surface area contributed by atoms with Gasteiger partial charge in [-0.05, 0) is 31.2 Å². The van der Waals surface area contributed by atoms with E-state index < -0.39 is 0 Å². The summed E-state index contributed by atoms with van der Waals surface area (Å²) >= 11 is 0. The number of hydrogen-bond acceptors (Lipinski definition) is 4. The highest BCUT2D eigenvalue weighted by atomic mass is 16.5. The third-order valence-electron chi connectivity index (χ3n) is 4.38. The smallest absolute Gasteiger partial charge is 0.258 e. The van der Waals surface area contributed by atoms with E-state index in [9.17, 15) is 9.59 Å². The Morgan fingerprint density at radius 2 is 2.04 bits per heavy atom. The monoisotopic (exact) mass is 353 g/mol. The van der Waals surface area contributed by atoms with Crippen LogP contribution in [0.3, 0.4) is 0 Å². The van der Waals surface area contributed by atoms with Crippen molar-refractivity contribution < 1.29 is 14.3 Å². The molecule has 6 heteroatoms. The lowest BCUT2D eigenvalue weighted by Crippen LogP contribution is -2.31. The van der Waals surface area contributed by atoms with Crippen LogP contribution in [-0.2, 0) is 0 Å². The SMILES string of the molecule is Cc1cccc(C(=O)N2CCC(Oc3ncccc3C(=O)N(C)C)C2)c1. The summed E-state index contributed by atoms with van der Waals surface area (Å²) in [6.45, 7) is 3.08. The highest BCUT2D eigenvalue weighted by Crippen LogP contribution is 2.22. The molecule has 1 atom stereocenters. The third kappa shape index (κ3) is 3.85. The lowest BCUT2D eigenvalue weighted by Gasteiger charge is -2.19. The van der Waals surface area contributed by atoms with Crippen LogP contribution < -0.4 is 4.74 Å². The van der Waals surface area contributed by atoms with Crippen molar-refractivity contribution in [1.82, 2.24) is 14.8 Å². The maximum Gasteiger partial charge on any atom is 0.258 e. The molecule has 1 aromatic heterocycles. The van der Waals surface area contributed by atoms with Crippen LogP contribution in [0.25, 0.3) is 0 Å². The van der Waals surface area contributed by atoms with E-state index in [4.69, 9.17) is 4.74 Å². The fraction of sp³-hybridized carbons (Fsp3) is 0.350. The molecule has 2 heterocycles. The number of carbonyl (C=O) groups excluding carboxylic acids is 2. The summed E-state index contributed by atoms with van der Waals surface area (Å²) in [5, 5.41) is 0. The van der Waals surface area contributed by atoms with Crippen molar-refractivity contribution >= 4 is 11.8 Å². The van der Waals surface area contributed by atoms with Crippen LogP contribution in [-0.4, -0.2) is 59.9 Å². The van der Waals surface area contributed by atoms with Crippen molar-refractivity contribution in [2.45, 2.75) is 19.4 Å². The summed E-state index contributed by atoms with van der Waals surface area (Å²) in [5.41, 5.74) is 2.18. The molecule has 1 aliphatic heterocycles. The van der Waals surface area contributed by atoms with Crippen LogP contribution in [0, 0.1) is 6.92 Å². The summed E-state index contributed by atoms with van der Waals surface area (Å²) in [4.78, 5) is 32.4. The zero-order valence-electron chi connectivity index (χ0n) is 15.3. The standard InChI is InChI=1S/C20H23N3O3/c1-14-6-4-7-15(12-14)19(24)23-11-9-16(13-23)26-18-17(8-5-10-21-18)20(25)22(2)3/h4-8,10,12,16H,9,11,13H2,1-3H3. The zero-order chi connectivity index (χ0) is 18.7. The predicted octanol–water partition coefficient (Wildman–Crippen LogP) is 2.39. The van der Waals surface area contributed by atoms with Crippen molar-refractivity contribution in [3.05, 3.63) is 59.3 Å². The molecule has 2 aromatic rings. The Labute approximate surface area is 153 Å². The third-order valence-corrected chi connectivity index (χ3v) is 4.38. The van der Waals surface area contributed by atoms with Gasteiger partial charge in [0.15, 0.2) is 0 Å². The van der Waals surface area contributed by atoms with Crippen molar-refractivity contribution in [2.24, 2.45) is 0 Å². The topological polar surface area (TPSA) is 62.7 Å². The number of aromatic nitrogens is 1. The molecule has 1 unspecified atom stereocenters. The summed E-state index contributed by atoms with van der Waals surface area (Å²) in [5.74, 6) is 0.172. The number of benzene rings is 1. The fourth-order valence-corrected chi connectivity index (χ4v) is 3.02. The number of aryl methyl sites for hydroxylation is 1. The Kier molecular flexibility index (Phi) is 5.21. The molecule has 136 valence electrons. The molecule has 0 saturated carbocycles. The molecule has 1 aliphatic rings. The van der Waals surface area contributed by atoms with Crippen molar-refractivity contribution in [1.29, 1.82) is 0 Å². The van der Waals surface area contributed by atoms with Crippen LogP contribution in [0.4, 0.5) is 0 Å². The highest BCUT2D eigenvalue weighted by Gasteiger charge is 2.29. The van der Waals surface area contributed by atoms with Crippen molar-refractivity contribution in [2.75, 3.05) is 27.2 Å². The Morgan fingerprint density at radius 1 is 1.23 bits per heavy atom. The van der Waals surface area contributed by atoms with Gasteiger partial charge in [0.1, 0.15) is 11.7 Å². The molecule has 1 saturated heterocycles. The van der Waals surface area contributed by atoms with Gasteiger partial charge in [0.25, 0.3) is 11.8 Å². The number of ether oxygens (including phenoxy) is 1. The van der Waals surface area contributed by atoms with E-state index >= 15 is 0 Å². The van der Waals surface area contributed by atoms with Gasteiger partial charge >= 0.3 is 0 Å². The van der Waals surface area contributed by atoms with Gasteiger partial charge in [-0.1, -0.05) is 17.7 Å². The van der Waals surface area contributed by atoms with Crippen LogP contribution in [0.15, 0.2) is 42.6 Å². The number of carbonyl (C=O) groups is 2. The van der Waals surface area contributed by atoms with Crippen molar-refractivity contribution in [3.8, 4) is 5.88 Å². The van der Waals surface area contributed by atoms with Gasteiger partial charge in [0.2, 0.25) is 5.88 Å². The first kappa shape index (κ1) is 17.9. The Morgan fingerprint density at radius 3 is 2.77 bits per heavy atom. The highest BCUT2D eigenvalue weighted by molar-refractivity contribution is 5.96. The zero-order valence-corrected chi connectivity index (χ0v) is 15.3. The van der Waals surface area contributed by atoms with E-state index in [0.29, 0.717) is 36.5 Å². The van der Waals surface area contributed by atoms with Crippen LogP contribution in [0.1, 0.15) is 32.7 Å². The molecule has 1 aromatic carbocycles. The lowest BCUT2D eigenvalue weighted by atomic mass is 10.1. The average molecular weight is 353 g/mol. The predicted molar refractivity (Wildman–Crippen MR) is 98.4 cm³/mol. The maximum absolute atomic E-state index is 12.7. The number of nitrogens with zero attached hydrogens (tertiary/aromatic N) is 3. The molecule has 0 N–H and O–H groups in total. The summed E-state index contributed by atoms with van der Waals surface area (Å²) < 4.78 is 5.97. The molecule has 3 rings (SSSR count). The molecule has 1 fully saturated rings. The lowest BCUT2D eigenvalue weighted by molar-refractivity contribution is 0.0763. The second-order valence-electron chi connectivity index (χ2n) is 6.70. The number of hydrogen-bond donors (Lipinski definition) is 0. The average Bonchev–Trinajstić information content (AvgIpc) is 3.09. The van der Waals surface area contributed by atoms with Gasteiger partial charge in [0.05, 0.1) is 6.54 Å². The Balaban J connectivity index is 1.69. The van der Waals surface area contributed by atoms with Crippen molar-refractivity contribution in [3.63, 3.8) is 0 Å². The first-order chi connectivity index (χ1) is 12.5. The van der Waals surface area contributed by atoms with Crippen LogP contribution in [0.5, 0.6) is 5.88 Å².